The molecule has 0 bridgehead atoms. The molecule has 0 aromatic carbocycles. The molecule has 0 saturated carbocycles. The lowest BCUT2D eigenvalue weighted by Gasteiger charge is -2.37. The quantitative estimate of drug-likeness (QED) is 0.660. The van der Waals surface area contributed by atoms with Crippen LogP contribution in [-0.4, -0.2) is 28.7 Å². The molecule has 0 aliphatic carbocycles. The van der Waals surface area contributed by atoms with Gasteiger partial charge in [0.2, 0.25) is 5.91 Å². The first-order chi connectivity index (χ1) is 6.94. The van der Waals surface area contributed by atoms with Gasteiger partial charge in [0.1, 0.15) is 0 Å². The van der Waals surface area contributed by atoms with Gasteiger partial charge in [0, 0.05) is 12.1 Å². The minimum atomic E-state index is -0.857. The molecule has 96 valence electrons. The minimum Gasteiger partial charge on any atom is -0.388 e. The highest BCUT2D eigenvalue weighted by atomic mass is 16.3. The molecular formula is C12H26N2O2. The van der Waals surface area contributed by atoms with Crippen LogP contribution >= 0.6 is 0 Å². The van der Waals surface area contributed by atoms with Gasteiger partial charge >= 0.3 is 0 Å². The van der Waals surface area contributed by atoms with E-state index in [9.17, 15) is 9.90 Å². The van der Waals surface area contributed by atoms with Crippen molar-refractivity contribution < 1.29 is 9.90 Å². The van der Waals surface area contributed by atoms with Crippen molar-refractivity contribution in [1.29, 1.82) is 0 Å². The molecule has 1 atom stereocenters. The second-order valence-electron chi connectivity index (χ2n) is 5.88. The number of rotatable bonds is 5. The molecule has 0 radical (unpaired) electrons. The molecule has 0 aliphatic rings. The van der Waals surface area contributed by atoms with Crippen LogP contribution in [0.15, 0.2) is 0 Å². The first-order valence-corrected chi connectivity index (χ1v) is 5.73. The summed E-state index contributed by atoms with van der Waals surface area (Å²) in [4.78, 5) is 12.0. The van der Waals surface area contributed by atoms with Crippen LogP contribution in [0.25, 0.3) is 0 Å². The Balaban J connectivity index is 4.50. The van der Waals surface area contributed by atoms with Gasteiger partial charge in [-0.25, -0.2) is 0 Å². The zero-order valence-corrected chi connectivity index (χ0v) is 11.3. The first-order valence-electron chi connectivity index (χ1n) is 5.73. The predicted octanol–water partition coefficient (Wildman–Crippen LogP) is 1.03. The normalized spacial score (nSPS) is 16.8. The Morgan fingerprint density at radius 1 is 1.25 bits per heavy atom. The van der Waals surface area contributed by atoms with E-state index in [0.29, 0.717) is 6.42 Å². The van der Waals surface area contributed by atoms with E-state index in [1.54, 1.807) is 6.92 Å². The molecule has 4 N–H and O–H groups in total. The van der Waals surface area contributed by atoms with Crippen molar-refractivity contribution in [2.45, 2.75) is 59.1 Å². The zero-order valence-electron chi connectivity index (χ0n) is 11.3. The highest BCUT2D eigenvalue weighted by Gasteiger charge is 2.40. The van der Waals surface area contributed by atoms with Gasteiger partial charge in [0.15, 0.2) is 0 Å². The van der Waals surface area contributed by atoms with Gasteiger partial charge in [0.25, 0.3) is 0 Å². The van der Waals surface area contributed by atoms with Crippen molar-refractivity contribution in [2.24, 2.45) is 11.1 Å². The third-order valence-electron chi connectivity index (χ3n) is 3.57. The van der Waals surface area contributed by atoms with Gasteiger partial charge in [-0.05, 0) is 41.0 Å². The summed E-state index contributed by atoms with van der Waals surface area (Å²) in [6.07, 6.45) is 0.597. The lowest BCUT2D eigenvalue weighted by molar-refractivity contribution is -0.133. The van der Waals surface area contributed by atoms with Crippen molar-refractivity contribution in [2.75, 3.05) is 6.54 Å². The monoisotopic (exact) mass is 230 g/mol. The standard InChI is InChI=1S/C12H26N2O2/c1-7-12(6,16)8-14-9(15)10(2,3)11(4,5)13/h16H,7-8,13H2,1-6H3,(H,14,15). The van der Waals surface area contributed by atoms with Crippen LogP contribution in [0, 0.1) is 5.41 Å². The minimum absolute atomic E-state index is 0.131. The highest BCUT2D eigenvalue weighted by molar-refractivity contribution is 5.83. The molecule has 0 fully saturated rings. The molecular weight excluding hydrogens is 204 g/mol. The Kier molecular flexibility index (Phi) is 4.54. The molecule has 0 aromatic heterocycles. The fraction of sp³-hybridized carbons (Fsp3) is 0.917. The Morgan fingerprint density at radius 2 is 1.69 bits per heavy atom. The molecule has 4 nitrogen and oxygen atoms in total. The highest BCUT2D eigenvalue weighted by Crippen LogP contribution is 2.28. The number of carbonyl (C=O) groups excluding carboxylic acids is 1. The van der Waals surface area contributed by atoms with Gasteiger partial charge in [0.05, 0.1) is 11.0 Å². The Morgan fingerprint density at radius 3 is 2.00 bits per heavy atom. The molecule has 0 saturated heterocycles. The molecule has 4 heteroatoms. The Hall–Kier alpha value is -0.610. The summed E-state index contributed by atoms with van der Waals surface area (Å²) in [5.41, 5.74) is 3.83. The summed E-state index contributed by atoms with van der Waals surface area (Å²) in [6, 6.07) is 0. The zero-order chi connectivity index (χ0) is 13.2. The second-order valence-corrected chi connectivity index (χ2v) is 5.88. The summed E-state index contributed by atoms with van der Waals surface area (Å²) in [5, 5.41) is 12.5. The first kappa shape index (κ1) is 15.4. The maximum Gasteiger partial charge on any atom is 0.227 e. The van der Waals surface area contributed by atoms with Crippen molar-refractivity contribution in [3.8, 4) is 0 Å². The summed E-state index contributed by atoms with van der Waals surface area (Å²) in [7, 11) is 0. The molecule has 1 unspecified atom stereocenters. The van der Waals surface area contributed by atoms with Gasteiger partial charge in [-0.2, -0.15) is 0 Å². The summed E-state index contributed by atoms with van der Waals surface area (Å²) < 4.78 is 0. The Labute approximate surface area is 98.6 Å². The molecule has 0 heterocycles. The molecule has 0 aliphatic heterocycles. The number of nitrogens with one attached hydrogen (secondary N) is 1. The van der Waals surface area contributed by atoms with Crippen molar-refractivity contribution in [3.05, 3.63) is 0 Å². The van der Waals surface area contributed by atoms with Crippen LogP contribution in [0.5, 0.6) is 0 Å². The van der Waals surface area contributed by atoms with E-state index in [2.05, 4.69) is 5.32 Å². The van der Waals surface area contributed by atoms with Gasteiger partial charge < -0.3 is 16.2 Å². The van der Waals surface area contributed by atoms with Gasteiger partial charge in [-0.3, -0.25) is 4.79 Å². The number of aliphatic hydroxyl groups is 1. The summed E-state index contributed by atoms with van der Waals surface area (Å²) in [5.74, 6) is -0.131. The molecule has 0 aromatic rings. The number of carbonyl (C=O) groups is 1. The average molecular weight is 230 g/mol. The molecule has 0 rings (SSSR count). The Bertz CT molecular complexity index is 252. The molecule has 16 heavy (non-hydrogen) atoms. The maximum atomic E-state index is 12.0. The van der Waals surface area contributed by atoms with Gasteiger partial charge in [-0.1, -0.05) is 6.92 Å². The molecule has 0 spiro atoms. The van der Waals surface area contributed by atoms with Crippen LogP contribution < -0.4 is 11.1 Å². The van der Waals surface area contributed by atoms with Crippen molar-refractivity contribution in [1.82, 2.24) is 5.32 Å². The number of hydrogen-bond donors (Lipinski definition) is 3. The van der Waals surface area contributed by atoms with Crippen LogP contribution in [0.2, 0.25) is 0 Å². The lowest BCUT2D eigenvalue weighted by atomic mass is 9.74. The summed E-state index contributed by atoms with van der Waals surface area (Å²) >= 11 is 0. The van der Waals surface area contributed by atoms with E-state index in [4.69, 9.17) is 5.73 Å². The van der Waals surface area contributed by atoms with Crippen LogP contribution in [0.1, 0.15) is 48.0 Å². The van der Waals surface area contributed by atoms with Crippen LogP contribution in [0.4, 0.5) is 0 Å². The van der Waals surface area contributed by atoms with E-state index >= 15 is 0 Å². The van der Waals surface area contributed by atoms with E-state index in [-0.39, 0.29) is 12.5 Å². The van der Waals surface area contributed by atoms with Gasteiger partial charge in [-0.15, -0.1) is 0 Å². The predicted molar refractivity (Wildman–Crippen MR) is 66.0 cm³/mol. The fourth-order valence-electron chi connectivity index (χ4n) is 0.909. The number of amides is 1. The molecule has 1 amide bonds. The third-order valence-corrected chi connectivity index (χ3v) is 3.57. The van der Waals surface area contributed by atoms with Crippen molar-refractivity contribution >= 4 is 5.91 Å². The maximum absolute atomic E-state index is 12.0. The van der Waals surface area contributed by atoms with E-state index in [0.717, 1.165) is 0 Å². The van der Waals surface area contributed by atoms with Crippen LogP contribution in [-0.2, 0) is 4.79 Å². The fourth-order valence-corrected chi connectivity index (χ4v) is 0.909. The number of hydrogen-bond acceptors (Lipinski definition) is 3. The SMILES string of the molecule is CCC(C)(O)CNC(=O)C(C)(C)C(C)(C)N. The average Bonchev–Trinajstić information content (AvgIpc) is 2.12. The third kappa shape index (κ3) is 3.76. The van der Waals surface area contributed by atoms with E-state index in [1.165, 1.54) is 0 Å². The second kappa shape index (κ2) is 4.72. The topological polar surface area (TPSA) is 75.3 Å². The summed E-state index contributed by atoms with van der Waals surface area (Å²) in [6.45, 7) is 11.1. The van der Waals surface area contributed by atoms with Crippen molar-refractivity contribution in [3.63, 3.8) is 0 Å². The largest absolute Gasteiger partial charge is 0.388 e. The van der Waals surface area contributed by atoms with E-state index < -0.39 is 16.6 Å². The van der Waals surface area contributed by atoms with Crippen LogP contribution in [0.3, 0.4) is 0 Å². The van der Waals surface area contributed by atoms with E-state index in [1.807, 2.05) is 34.6 Å². The lowest BCUT2D eigenvalue weighted by Crippen LogP contribution is -2.57. The number of nitrogens with two attached hydrogens (primary N) is 1. The smallest absolute Gasteiger partial charge is 0.227 e.